The van der Waals surface area contributed by atoms with Crippen LogP contribution in [0.4, 0.5) is 4.79 Å². The molecule has 1 rings (SSSR count). The first-order valence-corrected chi connectivity index (χ1v) is 7.63. The third-order valence-corrected chi connectivity index (χ3v) is 3.67. The van der Waals surface area contributed by atoms with E-state index in [1.165, 1.54) is 6.42 Å². The van der Waals surface area contributed by atoms with E-state index in [0.717, 1.165) is 12.8 Å². The van der Waals surface area contributed by atoms with Crippen molar-refractivity contribution in [3.8, 4) is 0 Å². The summed E-state index contributed by atoms with van der Waals surface area (Å²) in [6.07, 6.45) is 3.26. The Kier molecular flexibility index (Phi) is 6.45. The minimum atomic E-state index is -0.988. The van der Waals surface area contributed by atoms with Crippen molar-refractivity contribution in [3.05, 3.63) is 0 Å². The van der Waals surface area contributed by atoms with Gasteiger partial charge in [0.2, 0.25) is 0 Å². The number of urea groups is 1. The fourth-order valence-corrected chi connectivity index (χ4v) is 2.44. The molecule has 6 heteroatoms. The topological polar surface area (TPSA) is 78.9 Å². The monoisotopic (exact) mass is 300 g/mol. The summed E-state index contributed by atoms with van der Waals surface area (Å²) >= 11 is 0. The highest BCUT2D eigenvalue weighted by atomic mass is 16.5. The fourth-order valence-electron chi connectivity index (χ4n) is 2.44. The van der Waals surface area contributed by atoms with E-state index < -0.39 is 11.6 Å². The van der Waals surface area contributed by atoms with Crippen molar-refractivity contribution in [3.63, 3.8) is 0 Å². The molecule has 0 aromatic rings. The molecule has 1 aliphatic rings. The Bertz CT molecular complexity index is 365. The van der Waals surface area contributed by atoms with E-state index in [0.29, 0.717) is 19.0 Å². The first-order valence-electron chi connectivity index (χ1n) is 7.63. The average Bonchev–Trinajstić information content (AvgIpc) is 2.32. The van der Waals surface area contributed by atoms with Gasteiger partial charge in [-0.15, -0.1) is 0 Å². The molecule has 1 heterocycles. The molecular weight excluding hydrogens is 272 g/mol. The number of carboxylic acids is 1. The van der Waals surface area contributed by atoms with E-state index in [4.69, 9.17) is 9.84 Å². The van der Waals surface area contributed by atoms with Crippen LogP contribution in [0.25, 0.3) is 0 Å². The first kappa shape index (κ1) is 17.8. The van der Waals surface area contributed by atoms with Gasteiger partial charge in [-0.2, -0.15) is 0 Å². The summed E-state index contributed by atoms with van der Waals surface area (Å²) in [5, 5.41) is 11.6. The van der Waals surface area contributed by atoms with Crippen LogP contribution < -0.4 is 5.32 Å². The maximum atomic E-state index is 12.0. The van der Waals surface area contributed by atoms with Crippen LogP contribution in [0.1, 0.15) is 47.0 Å². The lowest BCUT2D eigenvalue weighted by molar-refractivity contribution is -0.159. The highest BCUT2D eigenvalue weighted by Gasteiger charge is 2.42. The van der Waals surface area contributed by atoms with E-state index in [-0.39, 0.29) is 18.7 Å². The van der Waals surface area contributed by atoms with E-state index in [1.807, 2.05) is 13.8 Å². The molecule has 1 atom stereocenters. The molecule has 0 aliphatic carbocycles. The number of rotatable bonds is 8. The van der Waals surface area contributed by atoms with Crippen LogP contribution in [0.3, 0.4) is 0 Å². The number of ether oxygens (including phenoxy) is 1. The van der Waals surface area contributed by atoms with Crippen LogP contribution in [0.2, 0.25) is 0 Å². The van der Waals surface area contributed by atoms with Crippen molar-refractivity contribution < 1.29 is 19.4 Å². The van der Waals surface area contributed by atoms with Gasteiger partial charge in [0.15, 0.2) is 0 Å². The first-order chi connectivity index (χ1) is 9.72. The zero-order valence-corrected chi connectivity index (χ0v) is 13.5. The van der Waals surface area contributed by atoms with Crippen LogP contribution >= 0.6 is 0 Å². The van der Waals surface area contributed by atoms with Gasteiger partial charge in [-0.3, -0.25) is 0 Å². The predicted molar refractivity (Wildman–Crippen MR) is 80.2 cm³/mol. The SMILES string of the molecule is CC(C)CCCC(C)NC(=O)N1CC(C)(OCC(=O)O)C1. The number of hydrogen-bond acceptors (Lipinski definition) is 3. The summed E-state index contributed by atoms with van der Waals surface area (Å²) in [6, 6.07) is 0.0616. The third-order valence-electron chi connectivity index (χ3n) is 3.67. The molecule has 2 N–H and O–H groups in total. The second kappa shape index (κ2) is 7.64. The largest absolute Gasteiger partial charge is 0.480 e. The number of aliphatic carboxylic acids is 1. The van der Waals surface area contributed by atoms with Crippen LogP contribution in [-0.2, 0) is 9.53 Å². The van der Waals surface area contributed by atoms with Crippen molar-refractivity contribution >= 4 is 12.0 Å². The molecule has 0 aromatic carbocycles. The number of carbonyl (C=O) groups is 2. The molecule has 0 spiro atoms. The number of carboxylic acid groups (broad SMARTS) is 1. The standard InChI is InChI=1S/C15H28N2O4/c1-11(2)6-5-7-12(3)16-14(20)17-9-15(4,10-17)21-8-13(18)19/h11-12H,5-10H2,1-4H3,(H,16,20)(H,18,19). The summed E-state index contributed by atoms with van der Waals surface area (Å²) in [4.78, 5) is 24.1. The van der Waals surface area contributed by atoms with Gasteiger partial charge >= 0.3 is 12.0 Å². The Hall–Kier alpha value is -1.30. The molecule has 122 valence electrons. The summed E-state index contributed by atoms with van der Waals surface area (Å²) in [6.45, 7) is 8.78. The van der Waals surface area contributed by atoms with Gasteiger partial charge in [-0.05, 0) is 26.2 Å². The number of nitrogens with zero attached hydrogens (tertiary/aromatic N) is 1. The molecule has 2 amide bonds. The molecule has 1 fully saturated rings. The zero-order valence-electron chi connectivity index (χ0n) is 13.5. The number of hydrogen-bond donors (Lipinski definition) is 2. The molecule has 1 unspecified atom stereocenters. The maximum absolute atomic E-state index is 12.0. The molecule has 21 heavy (non-hydrogen) atoms. The molecule has 0 aromatic heterocycles. The molecular formula is C15H28N2O4. The van der Waals surface area contributed by atoms with Crippen molar-refractivity contribution in [2.24, 2.45) is 5.92 Å². The minimum absolute atomic E-state index is 0.0940. The van der Waals surface area contributed by atoms with E-state index in [2.05, 4.69) is 19.2 Å². The Morgan fingerprint density at radius 3 is 2.43 bits per heavy atom. The second-order valence-electron chi connectivity index (χ2n) is 6.66. The fraction of sp³-hybridized carbons (Fsp3) is 0.867. The zero-order chi connectivity index (χ0) is 16.0. The maximum Gasteiger partial charge on any atom is 0.329 e. The smallest absolute Gasteiger partial charge is 0.329 e. The van der Waals surface area contributed by atoms with Gasteiger partial charge < -0.3 is 20.1 Å². The number of carbonyl (C=O) groups excluding carboxylic acids is 1. The van der Waals surface area contributed by atoms with Crippen molar-refractivity contribution in [1.82, 2.24) is 10.2 Å². The van der Waals surface area contributed by atoms with E-state index >= 15 is 0 Å². The van der Waals surface area contributed by atoms with Crippen LogP contribution in [0.15, 0.2) is 0 Å². The number of amides is 2. The van der Waals surface area contributed by atoms with Crippen molar-refractivity contribution in [2.45, 2.75) is 58.6 Å². The summed E-state index contributed by atoms with van der Waals surface area (Å²) in [5.74, 6) is -0.298. The minimum Gasteiger partial charge on any atom is -0.480 e. The van der Waals surface area contributed by atoms with Crippen molar-refractivity contribution in [1.29, 1.82) is 0 Å². The van der Waals surface area contributed by atoms with Gasteiger partial charge in [0.05, 0.1) is 13.1 Å². The molecule has 0 bridgehead atoms. The van der Waals surface area contributed by atoms with E-state index in [9.17, 15) is 9.59 Å². The normalized spacial score (nSPS) is 18.2. The van der Waals surface area contributed by atoms with Gasteiger partial charge in [0.1, 0.15) is 12.2 Å². The van der Waals surface area contributed by atoms with Gasteiger partial charge in [-0.25, -0.2) is 9.59 Å². The molecule has 0 radical (unpaired) electrons. The van der Waals surface area contributed by atoms with Crippen molar-refractivity contribution in [2.75, 3.05) is 19.7 Å². The molecule has 6 nitrogen and oxygen atoms in total. The highest BCUT2D eigenvalue weighted by Crippen LogP contribution is 2.24. The molecule has 1 aliphatic heterocycles. The highest BCUT2D eigenvalue weighted by molar-refractivity contribution is 5.75. The Morgan fingerprint density at radius 2 is 1.90 bits per heavy atom. The lowest BCUT2D eigenvalue weighted by Gasteiger charge is -2.47. The molecule has 0 saturated carbocycles. The van der Waals surface area contributed by atoms with Gasteiger partial charge in [0, 0.05) is 6.04 Å². The van der Waals surface area contributed by atoms with Crippen LogP contribution in [0.5, 0.6) is 0 Å². The number of likely N-dealkylation sites (tertiary alicyclic amines) is 1. The summed E-state index contributed by atoms with van der Waals surface area (Å²) in [7, 11) is 0. The quantitative estimate of drug-likeness (QED) is 0.719. The summed E-state index contributed by atoms with van der Waals surface area (Å²) < 4.78 is 5.28. The Balaban J connectivity index is 2.21. The Labute approximate surface area is 126 Å². The summed E-state index contributed by atoms with van der Waals surface area (Å²) in [5.41, 5.74) is -0.531. The predicted octanol–water partition coefficient (Wildman–Crippen LogP) is 2.09. The average molecular weight is 300 g/mol. The lowest BCUT2D eigenvalue weighted by Crippen LogP contribution is -2.65. The van der Waals surface area contributed by atoms with Crippen LogP contribution in [0, 0.1) is 5.92 Å². The van der Waals surface area contributed by atoms with Gasteiger partial charge in [-0.1, -0.05) is 26.7 Å². The van der Waals surface area contributed by atoms with Crippen LogP contribution in [-0.4, -0.2) is 53.3 Å². The molecule has 1 saturated heterocycles. The lowest BCUT2D eigenvalue weighted by atomic mass is 9.97. The van der Waals surface area contributed by atoms with Gasteiger partial charge in [0.25, 0.3) is 0 Å². The number of nitrogens with one attached hydrogen (secondary N) is 1. The second-order valence-corrected chi connectivity index (χ2v) is 6.66. The third kappa shape index (κ3) is 6.33. The van der Waals surface area contributed by atoms with E-state index in [1.54, 1.807) is 4.90 Å². The Morgan fingerprint density at radius 1 is 1.29 bits per heavy atom.